The minimum absolute atomic E-state index is 0.0777. The Morgan fingerprint density at radius 3 is 2.71 bits per heavy atom. The molecule has 0 aliphatic rings. The van der Waals surface area contributed by atoms with Crippen molar-refractivity contribution in [1.82, 2.24) is 5.32 Å². The van der Waals surface area contributed by atoms with Gasteiger partial charge in [0.15, 0.2) is 0 Å². The zero-order chi connectivity index (χ0) is 12.5. The van der Waals surface area contributed by atoms with Crippen LogP contribution in [-0.4, -0.2) is 30.3 Å². The van der Waals surface area contributed by atoms with Crippen LogP contribution in [0.2, 0.25) is 0 Å². The van der Waals surface area contributed by atoms with Crippen LogP contribution in [0.25, 0.3) is 0 Å². The van der Waals surface area contributed by atoms with Crippen LogP contribution in [0.1, 0.15) is 18.9 Å². The van der Waals surface area contributed by atoms with E-state index in [1.54, 1.807) is 6.92 Å². The molecule has 1 aromatic carbocycles. The normalized spacial score (nSPS) is 12.1. The second-order valence-corrected chi connectivity index (χ2v) is 3.76. The van der Waals surface area contributed by atoms with Gasteiger partial charge in [-0.1, -0.05) is 30.3 Å². The summed E-state index contributed by atoms with van der Waals surface area (Å²) in [5.74, 6) is -0.285. The van der Waals surface area contributed by atoms with Gasteiger partial charge in [0.1, 0.15) is 0 Å². The summed E-state index contributed by atoms with van der Waals surface area (Å²) in [6.45, 7) is 2.69. The quantitative estimate of drug-likeness (QED) is 0.697. The highest BCUT2D eigenvalue weighted by molar-refractivity contribution is 5.70. The summed E-state index contributed by atoms with van der Waals surface area (Å²) in [4.78, 5) is 11.3. The van der Waals surface area contributed by atoms with Crippen molar-refractivity contribution in [1.29, 1.82) is 0 Å². The van der Waals surface area contributed by atoms with E-state index in [0.717, 1.165) is 5.56 Å². The molecule has 17 heavy (non-hydrogen) atoms. The highest BCUT2D eigenvalue weighted by Gasteiger charge is 2.12. The second kappa shape index (κ2) is 7.81. The molecule has 0 aromatic heterocycles. The minimum atomic E-state index is -0.285. The van der Waals surface area contributed by atoms with Crippen molar-refractivity contribution in [3.8, 4) is 0 Å². The molecule has 1 rings (SSSR count). The Kier molecular flexibility index (Phi) is 6.29. The lowest BCUT2D eigenvalue weighted by Crippen LogP contribution is -2.34. The Hall–Kier alpha value is -1.39. The number of rotatable bonds is 7. The number of carbonyl (C=O) groups is 1. The Morgan fingerprint density at radius 1 is 1.41 bits per heavy atom. The SMILES string of the molecule is CCOC(=O)CC(CO)NCc1ccccc1. The van der Waals surface area contributed by atoms with Crippen LogP contribution in [0.15, 0.2) is 30.3 Å². The third-order valence-corrected chi connectivity index (χ3v) is 2.38. The van der Waals surface area contributed by atoms with Crippen molar-refractivity contribution < 1.29 is 14.6 Å². The number of aliphatic hydroxyl groups is 1. The standard InChI is InChI=1S/C13H19NO3/c1-2-17-13(16)8-12(10-15)14-9-11-6-4-3-5-7-11/h3-7,12,14-15H,2,8-10H2,1H3. The number of aliphatic hydroxyl groups excluding tert-OH is 1. The number of carbonyl (C=O) groups excluding carboxylic acids is 1. The molecule has 0 spiro atoms. The molecule has 0 amide bonds. The molecule has 0 heterocycles. The molecule has 0 saturated carbocycles. The van der Waals surface area contributed by atoms with Gasteiger partial charge in [-0.3, -0.25) is 4.79 Å². The molecule has 0 radical (unpaired) electrons. The Morgan fingerprint density at radius 2 is 2.12 bits per heavy atom. The lowest BCUT2D eigenvalue weighted by atomic mass is 10.2. The molecule has 1 aromatic rings. The van der Waals surface area contributed by atoms with E-state index in [9.17, 15) is 4.79 Å². The highest BCUT2D eigenvalue weighted by atomic mass is 16.5. The Balaban J connectivity index is 2.34. The largest absolute Gasteiger partial charge is 0.466 e. The minimum Gasteiger partial charge on any atom is -0.466 e. The zero-order valence-electron chi connectivity index (χ0n) is 10.1. The number of benzene rings is 1. The molecule has 0 bridgehead atoms. The zero-order valence-corrected chi connectivity index (χ0v) is 10.1. The maximum absolute atomic E-state index is 11.3. The van der Waals surface area contributed by atoms with Gasteiger partial charge in [0.25, 0.3) is 0 Å². The number of hydrogen-bond acceptors (Lipinski definition) is 4. The van der Waals surface area contributed by atoms with Gasteiger partial charge in [0.2, 0.25) is 0 Å². The summed E-state index contributed by atoms with van der Waals surface area (Å²) in [5, 5.41) is 12.3. The molecule has 0 aliphatic carbocycles. The van der Waals surface area contributed by atoms with Crippen molar-refractivity contribution in [3.05, 3.63) is 35.9 Å². The molecular formula is C13H19NO3. The van der Waals surface area contributed by atoms with E-state index in [4.69, 9.17) is 9.84 Å². The van der Waals surface area contributed by atoms with E-state index in [1.807, 2.05) is 30.3 Å². The van der Waals surface area contributed by atoms with Crippen molar-refractivity contribution in [3.63, 3.8) is 0 Å². The van der Waals surface area contributed by atoms with Crippen LogP contribution in [0.5, 0.6) is 0 Å². The van der Waals surface area contributed by atoms with Crippen molar-refractivity contribution in [2.45, 2.75) is 25.9 Å². The van der Waals surface area contributed by atoms with E-state index in [-0.39, 0.29) is 25.0 Å². The van der Waals surface area contributed by atoms with E-state index >= 15 is 0 Å². The lowest BCUT2D eigenvalue weighted by molar-refractivity contribution is -0.144. The van der Waals surface area contributed by atoms with Gasteiger partial charge in [0.05, 0.1) is 19.6 Å². The molecule has 1 atom stereocenters. The average molecular weight is 237 g/mol. The molecule has 0 aliphatic heterocycles. The molecule has 0 fully saturated rings. The maximum atomic E-state index is 11.3. The molecule has 4 heteroatoms. The Labute approximate surface area is 102 Å². The van der Waals surface area contributed by atoms with Crippen LogP contribution in [0.3, 0.4) is 0 Å². The van der Waals surface area contributed by atoms with Gasteiger partial charge in [0, 0.05) is 12.6 Å². The van der Waals surface area contributed by atoms with E-state index < -0.39 is 0 Å². The van der Waals surface area contributed by atoms with E-state index in [1.165, 1.54) is 0 Å². The van der Waals surface area contributed by atoms with Crippen molar-refractivity contribution >= 4 is 5.97 Å². The molecule has 1 unspecified atom stereocenters. The monoisotopic (exact) mass is 237 g/mol. The summed E-state index contributed by atoms with van der Waals surface area (Å²) < 4.78 is 4.84. The van der Waals surface area contributed by atoms with E-state index in [2.05, 4.69) is 5.32 Å². The van der Waals surface area contributed by atoms with Crippen LogP contribution < -0.4 is 5.32 Å². The van der Waals surface area contributed by atoms with Crippen LogP contribution in [0.4, 0.5) is 0 Å². The van der Waals surface area contributed by atoms with Crippen LogP contribution >= 0.6 is 0 Å². The smallest absolute Gasteiger partial charge is 0.307 e. The first-order chi connectivity index (χ1) is 8.26. The molecule has 0 saturated heterocycles. The third kappa shape index (κ3) is 5.47. The Bertz CT molecular complexity index is 327. The van der Waals surface area contributed by atoms with Crippen molar-refractivity contribution in [2.75, 3.05) is 13.2 Å². The number of ether oxygens (including phenoxy) is 1. The van der Waals surface area contributed by atoms with Crippen LogP contribution in [-0.2, 0) is 16.1 Å². The summed E-state index contributed by atoms with van der Waals surface area (Å²) in [6.07, 6.45) is 0.192. The fourth-order valence-corrected chi connectivity index (χ4v) is 1.48. The summed E-state index contributed by atoms with van der Waals surface area (Å²) in [6, 6.07) is 9.59. The number of esters is 1. The summed E-state index contributed by atoms with van der Waals surface area (Å²) in [5.41, 5.74) is 1.12. The second-order valence-electron chi connectivity index (χ2n) is 3.76. The first kappa shape index (κ1) is 13.7. The number of hydrogen-bond donors (Lipinski definition) is 2. The van der Waals surface area contributed by atoms with Gasteiger partial charge >= 0.3 is 5.97 Å². The van der Waals surface area contributed by atoms with Crippen molar-refractivity contribution in [2.24, 2.45) is 0 Å². The first-order valence-corrected chi connectivity index (χ1v) is 5.80. The van der Waals surface area contributed by atoms with E-state index in [0.29, 0.717) is 13.2 Å². The topological polar surface area (TPSA) is 58.6 Å². The van der Waals surface area contributed by atoms with Gasteiger partial charge in [-0.25, -0.2) is 0 Å². The first-order valence-electron chi connectivity index (χ1n) is 5.80. The highest BCUT2D eigenvalue weighted by Crippen LogP contribution is 2.00. The maximum Gasteiger partial charge on any atom is 0.307 e. The molecule has 4 nitrogen and oxygen atoms in total. The predicted molar refractivity (Wildman–Crippen MR) is 65.4 cm³/mol. The average Bonchev–Trinajstić information content (AvgIpc) is 2.36. The van der Waals surface area contributed by atoms with Gasteiger partial charge in [-0.05, 0) is 12.5 Å². The predicted octanol–water partition coefficient (Wildman–Crippen LogP) is 1.09. The third-order valence-electron chi connectivity index (χ3n) is 2.38. The fourth-order valence-electron chi connectivity index (χ4n) is 1.48. The fraction of sp³-hybridized carbons (Fsp3) is 0.462. The summed E-state index contributed by atoms with van der Waals surface area (Å²) >= 11 is 0. The van der Waals surface area contributed by atoms with Gasteiger partial charge in [-0.2, -0.15) is 0 Å². The van der Waals surface area contributed by atoms with Gasteiger partial charge in [-0.15, -0.1) is 0 Å². The lowest BCUT2D eigenvalue weighted by Gasteiger charge is -2.15. The molecule has 94 valence electrons. The summed E-state index contributed by atoms with van der Waals surface area (Å²) in [7, 11) is 0. The van der Waals surface area contributed by atoms with Crippen LogP contribution in [0, 0.1) is 0 Å². The van der Waals surface area contributed by atoms with Gasteiger partial charge < -0.3 is 15.2 Å². The molecule has 2 N–H and O–H groups in total. The molecular weight excluding hydrogens is 218 g/mol. The number of nitrogens with one attached hydrogen (secondary N) is 1.